The standard InChI is InChI=1S/C8H16N2/c9-8-3-1-7(8)2-5-10-6-4-8/h7,10H,1-6,9H2. The fourth-order valence-electron chi connectivity index (χ4n) is 2.20. The van der Waals surface area contributed by atoms with E-state index in [1.54, 1.807) is 0 Å². The zero-order chi connectivity index (χ0) is 7.03. The maximum Gasteiger partial charge on any atom is 0.0195 e. The SMILES string of the molecule is NC12CCNCCC1CC2. The van der Waals surface area contributed by atoms with E-state index in [0.717, 1.165) is 12.5 Å². The van der Waals surface area contributed by atoms with E-state index in [9.17, 15) is 0 Å². The number of nitrogens with two attached hydrogens (primary N) is 1. The molecule has 1 heterocycles. The Bertz CT molecular complexity index is 135. The summed E-state index contributed by atoms with van der Waals surface area (Å²) in [6.45, 7) is 2.32. The lowest BCUT2D eigenvalue weighted by Gasteiger charge is -2.45. The molecule has 2 atom stereocenters. The van der Waals surface area contributed by atoms with Crippen molar-refractivity contribution in [1.82, 2.24) is 5.32 Å². The van der Waals surface area contributed by atoms with Gasteiger partial charge in [0.05, 0.1) is 0 Å². The Hall–Kier alpha value is -0.0800. The molecule has 1 aliphatic carbocycles. The third kappa shape index (κ3) is 0.867. The zero-order valence-electron chi connectivity index (χ0n) is 6.40. The Kier molecular flexibility index (Phi) is 1.46. The van der Waals surface area contributed by atoms with E-state index >= 15 is 0 Å². The van der Waals surface area contributed by atoms with Crippen LogP contribution in [0.4, 0.5) is 0 Å². The second-order valence-corrected chi connectivity index (χ2v) is 3.76. The van der Waals surface area contributed by atoms with E-state index < -0.39 is 0 Å². The fourth-order valence-corrected chi connectivity index (χ4v) is 2.20. The van der Waals surface area contributed by atoms with E-state index in [1.807, 2.05) is 0 Å². The third-order valence-corrected chi connectivity index (χ3v) is 3.21. The van der Waals surface area contributed by atoms with Gasteiger partial charge in [0.25, 0.3) is 0 Å². The highest BCUT2D eigenvalue weighted by atomic mass is 14.9. The molecule has 0 aromatic carbocycles. The summed E-state index contributed by atoms with van der Waals surface area (Å²) in [4.78, 5) is 0. The first-order valence-corrected chi connectivity index (χ1v) is 4.31. The molecular formula is C8H16N2. The maximum atomic E-state index is 6.17. The topological polar surface area (TPSA) is 38.0 Å². The van der Waals surface area contributed by atoms with Gasteiger partial charge < -0.3 is 11.1 Å². The van der Waals surface area contributed by atoms with E-state index in [1.165, 1.54) is 32.2 Å². The van der Waals surface area contributed by atoms with Gasteiger partial charge in [-0.15, -0.1) is 0 Å². The van der Waals surface area contributed by atoms with Gasteiger partial charge in [-0.2, -0.15) is 0 Å². The zero-order valence-corrected chi connectivity index (χ0v) is 6.40. The Labute approximate surface area is 62.2 Å². The number of nitrogens with one attached hydrogen (secondary N) is 1. The summed E-state index contributed by atoms with van der Waals surface area (Å²) in [5.74, 6) is 0.836. The van der Waals surface area contributed by atoms with Gasteiger partial charge >= 0.3 is 0 Å². The van der Waals surface area contributed by atoms with Crippen LogP contribution in [-0.2, 0) is 0 Å². The molecule has 3 N–H and O–H groups in total. The smallest absolute Gasteiger partial charge is 0.0195 e. The van der Waals surface area contributed by atoms with Crippen LogP contribution in [-0.4, -0.2) is 18.6 Å². The van der Waals surface area contributed by atoms with Crippen LogP contribution in [0.2, 0.25) is 0 Å². The largest absolute Gasteiger partial charge is 0.325 e. The molecule has 2 aliphatic rings. The van der Waals surface area contributed by atoms with Crippen LogP contribution in [0.1, 0.15) is 25.7 Å². The molecule has 0 aromatic rings. The van der Waals surface area contributed by atoms with Crippen LogP contribution in [0.5, 0.6) is 0 Å². The highest BCUT2D eigenvalue weighted by Crippen LogP contribution is 2.41. The van der Waals surface area contributed by atoms with Crippen molar-refractivity contribution in [3.05, 3.63) is 0 Å². The molecule has 0 radical (unpaired) electrons. The molecule has 2 fully saturated rings. The molecule has 0 amide bonds. The summed E-state index contributed by atoms with van der Waals surface area (Å²) in [5, 5.41) is 3.39. The molecule has 0 bridgehead atoms. The molecular weight excluding hydrogens is 124 g/mol. The van der Waals surface area contributed by atoms with Gasteiger partial charge in [-0.1, -0.05) is 0 Å². The van der Waals surface area contributed by atoms with E-state index in [2.05, 4.69) is 5.32 Å². The van der Waals surface area contributed by atoms with Crippen molar-refractivity contribution in [3.63, 3.8) is 0 Å². The Balaban J connectivity index is 2.03. The first-order valence-electron chi connectivity index (χ1n) is 4.31. The molecule has 2 heteroatoms. The minimum absolute atomic E-state index is 0.240. The highest BCUT2D eigenvalue weighted by molar-refractivity contribution is 5.01. The van der Waals surface area contributed by atoms with Crippen molar-refractivity contribution in [2.75, 3.05) is 13.1 Å². The molecule has 0 aromatic heterocycles. The quantitative estimate of drug-likeness (QED) is 0.513. The molecule has 1 saturated heterocycles. The van der Waals surface area contributed by atoms with E-state index in [-0.39, 0.29) is 5.54 Å². The average Bonchev–Trinajstić information content (AvgIpc) is 2.01. The van der Waals surface area contributed by atoms with E-state index in [0.29, 0.717) is 0 Å². The Morgan fingerprint density at radius 2 is 2.10 bits per heavy atom. The van der Waals surface area contributed by atoms with Crippen LogP contribution >= 0.6 is 0 Å². The van der Waals surface area contributed by atoms with Crippen LogP contribution in [0.3, 0.4) is 0 Å². The minimum Gasteiger partial charge on any atom is -0.325 e. The van der Waals surface area contributed by atoms with Crippen LogP contribution in [0.25, 0.3) is 0 Å². The molecule has 1 saturated carbocycles. The molecule has 2 unspecified atom stereocenters. The highest BCUT2D eigenvalue weighted by Gasteiger charge is 2.43. The third-order valence-electron chi connectivity index (χ3n) is 3.21. The average molecular weight is 140 g/mol. The van der Waals surface area contributed by atoms with Gasteiger partial charge in [0, 0.05) is 5.54 Å². The monoisotopic (exact) mass is 140 g/mol. The van der Waals surface area contributed by atoms with Crippen molar-refractivity contribution in [2.45, 2.75) is 31.2 Å². The second-order valence-electron chi connectivity index (χ2n) is 3.76. The number of rotatable bonds is 0. The predicted octanol–water partition coefficient (Wildman–Crippen LogP) is 0.477. The summed E-state index contributed by atoms with van der Waals surface area (Å²) >= 11 is 0. The van der Waals surface area contributed by atoms with Crippen molar-refractivity contribution in [1.29, 1.82) is 0 Å². The van der Waals surface area contributed by atoms with E-state index in [4.69, 9.17) is 5.73 Å². The van der Waals surface area contributed by atoms with Gasteiger partial charge in [-0.25, -0.2) is 0 Å². The summed E-state index contributed by atoms with van der Waals surface area (Å²) < 4.78 is 0. The van der Waals surface area contributed by atoms with Crippen molar-refractivity contribution in [2.24, 2.45) is 11.7 Å². The van der Waals surface area contributed by atoms with Gasteiger partial charge in [0.2, 0.25) is 0 Å². The van der Waals surface area contributed by atoms with Crippen molar-refractivity contribution in [3.8, 4) is 0 Å². The normalized spacial score (nSPS) is 47.1. The lowest BCUT2D eigenvalue weighted by atomic mass is 9.65. The van der Waals surface area contributed by atoms with Gasteiger partial charge in [-0.05, 0) is 44.7 Å². The number of fused-ring (bicyclic) bond motifs is 1. The summed E-state index contributed by atoms with van der Waals surface area (Å²) in [6.07, 6.45) is 5.13. The molecule has 0 spiro atoms. The van der Waals surface area contributed by atoms with Crippen LogP contribution in [0.15, 0.2) is 0 Å². The first-order chi connectivity index (χ1) is 4.81. The molecule has 10 heavy (non-hydrogen) atoms. The lowest BCUT2D eigenvalue weighted by Crippen LogP contribution is -2.54. The predicted molar refractivity (Wildman–Crippen MR) is 41.7 cm³/mol. The molecule has 2 nitrogen and oxygen atoms in total. The maximum absolute atomic E-state index is 6.17. The molecule has 1 aliphatic heterocycles. The lowest BCUT2D eigenvalue weighted by molar-refractivity contribution is 0.123. The number of hydrogen-bond acceptors (Lipinski definition) is 2. The molecule has 2 rings (SSSR count). The van der Waals surface area contributed by atoms with Crippen LogP contribution < -0.4 is 11.1 Å². The van der Waals surface area contributed by atoms with Gasteiger partial charge in [0.15, 0.2) is 0 Å². The Morgan fingerprint density at radius 1 is 1.20 bits per heavy atom. The molecule has 58 valence electrons. The Morgan fingerprint density at radius 3 is 2.80 bits per heavy atom. The van der Waals surface area contributed by atoms with Gasteiger partial charge in [0.1, 0.15) is 0 Å². The second kappa shape index (κ2) is 2.21. The first kappa shape index (κ1) is 6.62. The summed E-state index contributed by atoms with van der Waals surface area (Å²) in [5.41, 5.74) is 6.41. The van der Waals surface area contributed by atoms with Crippen LogP contribution in [0, 0.1) is 5.92 Å². The van der Waals surface area contributed by atoms with Gasteiger partial charge in [-0.3, -0.25) is 0 Å². The number of hydrogen-bond donors (Lipinski definition) is 2. The summed E-state index contributed by atoms with van der Waals surface area (Å²) in [6, 6.07) is 0. The van der Waals surface area contributed by atoms with Crippen molar-refractivity contribution >= 4 is 0 Å². The van der Waals surface area contributed by atoms with Crippen molar-refractivity contribution < 1.29 is 0 Å². The summed E-state index contributed by atoms with van der Waals surface area (Å²) in [7, 11) is 0. The minimum atomic E-state index is 0.240. The fraction of sp³-hybridized carbons (Fsp3) is 1.00.